The quantitative estimate of drug-likeness (QED) is 0.719. The van der Waals surface area contributed by atoms with Crippen molar-refractivity contribution in [1.29, 1.82) is 0 Å². The minimum absolute atomic E-state index is 0.0394. The standard InChI is InChI=1S/C17H18O7/c1-20-12-5-4-11(15(9-12)21-2)8-16(18)23-10-13-6-7-14(24-13)17(19)22-3/h4-7,9H,8,10H2,1-3H3. The van der Waals surface area contributed by atoms with Gasteiger partial charge in [-0.3, -0.25) is 4.79 Å². The fourth-order valence-corrected chi connectivity index (χ4v) is 2.02. The Kier molecular flexibility index (Phi) is 5.83. The van der Waals surface area contributed by atoms with Gasteiger partial charge in [0.2, 0.25) is 5.76 Å². The van der Waals surface area contributed by atoms with E-state index in [1.165, 1.54) is 20.3 Å². The van der Waals surface area contributed by atoms with Crippen LogP contribution in [0.4, 0.5) is 0 Å². The van der Waals surface area contributed by atoms with Crippen LogP contribution in [0.1, 0.15) is 21.9 Å². The number of carbonyl (C=O) groups is 2. The number of carbonyl (C=O) groups excluding carboxylic acids is 2. The fourth-order valence-electron chi connectivity index (χ4n) is 2.02. The summed E-state index contributed by atoms with van der Waals surface area (Å²) in [5, 5.41) is 0. The lowest BCUT2D eigenvalue weighted by molar-refractivity contribution is -0.144. The average Bonchev–Trinajstić information content (AvgIpc) is 3.08. The molecule has 1 heterocycles. The van der Waals surface area contributed by atoms with Crippen molar-refractivity contribution < 1.29 is 33.0 Å². The van der Waals surface area contributed by atoms with E-state index in [0.717, 1.165) is 0 Å². The molecule has 0 atom stereocenters. The van der Waals surface area contributed by atoms with E-state index in [1.54, 1.807) is 31.4 Å². The molecular weight excluding hydrogens is 316 g/mol. The number of rotatable bonds is 7. The SMILES string of the molecule is COC(=O)c1ccc(COC(=O)Cc2ccc(OC)cc2OC)o1. The van der Waals surface area contributed by atoms with E-state index >= 15 is 0 Å². The molecule has 128 valence electrons. The lowest BCUT2D eigenvalue weighted by Crippen LogP contribution is -2.09. The molecule has 24 heavy (non-hydrogen) atoms. The molecule has 0 aliphatic heterocycles. The summed E-state index contributed by atoms with van der Waals surface area (Å²) in [5.74, 6) is 0.544. The summed E-state index contributed by atoms with van der Waals surface area (Å²) in [7, 11) is 4.32. The summed E-state index contributed by atoms with van der Waals surface area (Å²) in [6, 6.07) is 8.17. The van der Waals surface area contributed by atoms with Gasteiger partial charge in [0.1, 0.15) is 23.9 Å². The van der Waals surface area contributed by atoms with Crippen LogP contribution in [0.2, 0.25) is 0 Å². The molecule has 2 aromatic rings. The molecule has 0 saturated carbocycles. The van der Waals surface area contributed by atoms with E-state index in [0.29, 0.717) is 22.8 Å². The van der Waals surface area contributed by atoms with Crippen LogP contribution in [0.25, 0.3) is 0 Å². The van der Waals surface area contributed by atoms with Gasteiger partial charge in [0.25, 0.3) is 0 Å². The summed E-state index contributed by atoms with van der Waals surface area (Å²) in [5.41, 5.74) is 0.679. The number of hydrogen-bond donors (Lipinski definition) is 0. The zero-order valence-electron chi connectivity index (χ0n) is 13.7. The molecule has 0 amide bonds. The van der Waals surface area contributed by atoms with Crippen LogP contribution in [-0.4, -0.2) is 33.3 Å². The maximum atomic E-state index is 12.0. The molecule has 7 nitrogen and oxygen atoms in total. The smallest absolute Gasteiger partial charge is 0.373 e. The highest BCUT2D eigenvalue weighted by molar-refractivity contribution is 5.86. The van der Waals surface area contributed by atoms with Gasteiger partial charge in [-0.15, -0.1) is 0 Å². The predicted molar refractivity (Wildman–Crippen MR) is 83.1 cm³/mol. The summed E-state index contributed by atoms with van der Waals surface area (Å²) >= 11 is 0. The van der Waals surface area contributed by atoms with Gasteiger partial charge in [0, 0.05) is 11.6 Å². The zero-order valence-corrected chi connectivity index (χ0v) is 13.7. The maximum absolute atomic E-state index is 12.0. The largest absolute Gasteiger partial charge is 0.497 e. The first-order valence-electron chi connectivity index (χ1n) is 7.11. The van der Waals surface area contributed by atoms with Crippen LogP contribution in [0.5, 0.6) is 11.5 Å². The Morgan fingerprint density at radius 3 is 2.50 bits per heavy atom. The van der Waals surface area contributed by atoms with Gasteiger partial charge in [-0.1, -0.05) is 6.07 Å². The Hall–Kier alpha value is -2.96. The molecule has 0 radical (unpaired) electrons. The topological polar surface area (TPSA) is 84.2 Å². The molecule has 0 saturated heterocycles. The van der Waals surface area contributed by atoms with Crippen molar-refractivity contribution in [2.45, 2.75) is 13.0 Å². The summed E-state index contributed by atoms with van der Waals surface area (Å²) < 4.78 is 25.2. The van der Waals surface area contributed by atoms with Gasteiger partial charge in [-0.25, -0.2) is 4.79 Å². The molecule has 0 bridgehead atoms. The van der Waals surface area contributed by atoms with E-state index in [1.807, 2.05) is 0 Å². The molecular formula is C17H18O7. The van der Waals surface area contributed by atoms with Gasteiger partial charge < -0.3 is 23.4 Å². The highest BCUT2D eigenvalue weighted by Crippen LogP contribution is 2.25. The van der Waals surface area contributed by atoms with Crippen LogP contribution in [0, 0.1) is 0 Å². The average molecular weight is 334 g/mol. The van der Waals surface area contributed by atoms with Gasteiger partial charge in [-0.2, -0.15) is 0 Å². The van der Waals surface area contributed by atoms with Crippen molar-refractivity contribution in [2.24, 2.45) is 0 Å². The highest BCUT2D eigenvalue weighted by Gasteiger charge is 2.14. The third kappa shape index (κ3) is 4.28. The first-order chi connectivity index (χ1) is 11.6. The first kappa shape index (κ1) is 17.4. The van der Waals surface area contributed by atoms with Crippen molar-refractivity contribution in [3.05, 3.63) is 47.4 Å². The van der Waals surface area contributed by atoms with Crippen LogP contribution in [0.3, 0.4) is 0 Å². The zero-order chi connectivity index (χ0) is 17.5. The number of ether oxygens (including phenoxy) is 4. The minimum atomic E-state index is -0.587. The van der Waals surface area contributed by atoms with Gasteiger partial charge >= 0.3 is 11.9 Å². The number of furan rings is 1. The fraction of sp³-hybridized carbons (Fsp3) is 0.294. The maximum Gasteiger partial charge on any atom is 0.373 e. The number of methoxy groups -OCH3 is 3. The predicted octanol–water partition coefficient (Wildman–Crippen LogP) is 2.37. The second-order valence-electron chi connectivity index (χ2n) is 4.77. The van der Waals surface area contributed by atoms with Gasteiger partial charge in [0.15, 0.2) is 0 Å². The third-order valence-corrected chi connectivity index (χ3v) is 3.25. The molecule has 0 N–H and O–H groups in total. The van der Waals surface area contributed by atoms with Crippen molar-refractivity contribution in [3.8, 4) is 11.5 Å². The van der Waals surface area contributed by atoms with Crippen LogP contribution in [-0.2, 0) is 27.3 Å². The van der Waals surface area contributed by atoms with Crippen LogP contribution >= 0.6 is 0 Å². The normalized spacial score (nSPS) is 10.1. The molecule has 7 heteroatoms. The Balaban J connectivity index is 1.94. The van der Waals surface area contributed by atoms with E-state index < -0.39 is 11.9 Å². The molecule has 1 aromatic heterocycles. The molecule has 2 rings (SSSR count). The lowest BCUT2D eigenvalue weighted by Gasteiger charge is -2.10. The van der Waals surface area contributed by atoms with E-state index in [4.69, 9.17) is 18.6 Å². The lowest BCUT2D eigenvalue weighted by atomic mass is 10.1. The molecule has 1 aromatic carbocycles. The number of hydrogen-bond acceptors (Lipinski definition) is 7. The van der Waals surface area contributed by atoms with Crippen LogP contribution in [0.15, 0.2) is 34.7 Å². The first-order valence-corrected chi connectivity index (χ1v) is 7.11. The Labute approximate surface area is 139 Å². The monoisotopic (exact) mass is 334 g/mol. The summed E-state index contributed by atoms with van der Waals surface area (Å²) in [4.78, 5) is 23.2. The van der Waals surface area contributed by atoms with Gasteiger partial charge in [-0.05, 0) is 18.2 Å². The minimum Gasteiger partial charge on any atom is -0.497 e. The highest BCUT2D eigenvalue weighted by atomic mass is 16.6. The third-order valence-electron chi connectivity index (χ3n) is 3.25. The summed E-state index contributed by atoms with van der Waals surface area (Å²) in [6.45, 7) is -0.0751. The Bertz CT molecular complexity index is 717. The van der Waals surface area contributed by atoms with Crippen molar-refractivity contribution >= 4 is 11.9 Å². The van der Waals surface area contributed by atoms with Crippen molar-refractivity contribution in [3.63, 3.8) is 0 Å². The van der Waals surface area contributed by atoms with Gasteiger partial charge in [0.05, 0.1) is 27.8 Å². The van der Waals surface area contributed by atoms with E-state index in [-0.39, 0.29) is 18.8 Å². The van der Waals surface area contributed by atoms with E-state index in [9.17, 15) is 9.59 Å². The molecule has 0 unspecified atom stereocenters. The second-order valence-corrected chi connectivity index (χ2v) is 4.77. The Morgan fingerprint density at radius 2 is 1.83 bits per heavy atom. The molecule has 0 aliphatic rings. The summed E-state index contributed by atoms with van der Waals surface area (Å²) in [6.07, 6.45) is 0.0394. The number of benzene rings is 1. The van der Waals surface area contributed by atoms with Crippen molar-refractivity contribution in [2.75, 3.05) is 21.3 Å². The van der Waals surface area contributed by atoms with Crippen molar-refractivity contribution in [1.82, 2.24) is 0 Å². The number of esters is 2. The Morgan fingerprint density at radius 1 is 1.04 bits per heavy atom. The molecule has 0 spiro atoms. The van der Waals surface area contributed by atoms with E-state index in [2.05, 4.69) is 4.74 Å². The van der Waals surface area contributed by atoms with Crippen LogP contribution < -0.4 is 9.47 Å². The molecule has 0 aliphatic carbocycles. The molecule has 0 fully saturated rings. The second kappa shape index (κ2) is 8.05.